The molecule has 1 rings (SSSR count). The Morgan fingerprint density at radius 2 is 2.64 bits per heavy atom. The predicted molar refractivity (Wildman–Crippen MR) is 41.8 cm³/mol. The average molecular weight is 149 g/mol. The molecule has 0 amide bonds. The van der Waals surface area contributed by atoms with Gasteiger partial charge >= 0.3 is 0 Å². The zero-order valence-corrected chi connectivity index (χ0v) is 5.96. The second kappa shape index (κ2) is 3.55. The zero-order valence-electron chi connectivity index (χ0n) is 5.96. The number of rotatable bonds is 2. The molecule has 0 saturated heterocycles. The molecule has 0 aliphatic carbocycles. The Labute approximate surface area is 65.0 Å². The number of nitrogens with two attached hydrogens (primary N) is 1. The molecule has 0 fully saturated rings. The molecule has 0 unspecified atom stereocenters. The van der Waals surface area contributed by atoms with Gasteiger partial charge in [0.05, 0.1) is 6.20 Å². The fourth-order valence-corrected chi connectivity index (χ4v) is 0.652. The molecule has 11 heavy (non-hydrogen) atoms. The summed E-state index contributed by atoms with van der Waals surface area (Å²) in [6, 6.07) is 3.58. The van der Waals surface area contributed by atoms with Gasteiger partial charge in [0.1, 0.15) is 0 Å². The highest BCUT2D eigenvalue weighted by Gasteiger charge is 1.90. The van der Waals surface area contributed by atoms with E-state index in [1.165, 1.54) is 0 Å². The second-order valence-electron chi connectivity index (χ2n) is 2.06. The number of pyridine rings is 1. The van der Waals surface area contributed by atoms with Gasteiger partial charge in [-0.25, -0.2) is 0 Å². The van der Waals surface area contributed by atoms with Crippen molar-refractivity contribution in [1.82, 2.24) is 10.3 Å². The SMILES string of the molecule is N=C(N)NCc1cc[c]nc1. The highest BCUT2D eigenvalue weighted by molar-refractivity contribution is 5.74. The lowest BCUT2D eigenvalue weighted by Crippen LogP contribution is -2.29. The number of hydrogen-bond acceptors (Lipinski definition) is 2. The summed E-state index contributed by atoms with van der Waals surface area (Å²) in [7, 11) is 0. The number of aromatic nitrogens is 1. The van der Waals surface area contributed by atoms with Crippen molar-refractivity contribution in [3.63, 3.8) is 0 Å². The summed E-state index contributed by atoms with van der Waals surface area (Å²) >= 11 is 0. The van der Waals surface area contributed by atoms with Crippen LogP contribution in [0.5, 0.6) is 0 Å². The largest absolute Gasteiger partial charge is 0.370 e. The molecular weight excluding hydrogens is 140 g/mol. The highest BCUT2D eigenvalue weighted by Crippen LogP contribution is 1.92. The van der Waals surface area contributed by atoms with Crippen molar-refractivity contribution in [3.8, 4) is 0 Å². The van der Waals surface area contributed by atoms with E-state index in [-0.39, 0.29) is 5.96 Å². The molecule has 4 nitrogen and oxygen atoms in total. The summed E-state index contributed by atoms with van der Waals surface area (Å²) in [5.74, 6) is -0.0298. The van der Waals surface area contributed by atoms with Gasteiger partial charge in [0.25, 0.3) is 0 Å². The summed E-state index contributed by atoms with van der Waals surface area (Å²) in [5, 5.41) is 9.55. The summed E-state index contributed by atoms with van der Waals surface area (Å²) in [4.78, 5) is 3.79. The molecule has 0 saturated carbocycles. The Morgan fingerprint density at radius 1 is 1.82 bits per heavy atom. The van der Waals surface area contributed by atoms with Gasteiger partial charge in [-0.2, -0.15) is 0 Å². The molecule has 1 radical (unpaired) electrons. The van der Waals surface area contributed by atoms with E-state index in [9.17, 15) is 0 Å². The molecule has 0 aromatic carbocycles. The second-order valence-corrected chi connectivity index (χ2v) is 2.06. The van der Waals surface area contributed by atoms with Crippen LogP contribution in [0, 0.1) is 11.6 Å². The smallest absolute Gasteiger partial charge is 0.185 e. The van der Waals surface area contributed by atoms with E-state index < -0.39 is 0 Å². The van der Waals surface area contributed by atoms with Gasteiger partial charge in [-0.15, -0.1) is 0 Å². The fourth-order valence-electron chi connectivity index (χ4n) is 0.652. The number of nitrogens with zero attached hydrogens (tertiary/aromatic N) is 1. The van der Waals surface area contributed by atoms with Crippen LogP contribution in [0.2, 0.25) is 0 Å². The summed E-state index contributed by atoms with van der Waals surface area (Å²) in [6.45, 7) is 0.539. The first-order valence-corrected chi connectivity index (χ1v) is 3.18. The van der Waals surface area contributed by atoms with Crippen molar-refractivity contribution in [1.29, 1.82) is 5.41 Å². The van der Waals surface area contributed by atoms with Crippen LogP contribution < -0.4 is 11.1 Å². The summed E-state index contributed by atoms with van der Waals surface area (Å²) in [5.41, 5.74) is 6.07. The predicted octanol–water partition coefficient (Wildman–Crippen LogP) is -0.135. The van der Waals surface area contributed by atoms with E-state index >= 15 is 0 Å². The van der Waals surface area contributed by atoms with Crippen molar-refractivity contribution in [2.24, 2.45) is 5.73 Å². The molecular formula is C7H9N4. The third-order valence-corrected chi connectivity index (χ3v) is 1.16. The maximum Gasteiger partial charge on any atom is 0.185 e. The molecule has 4 N–H and O–H groups in total. The normalized spacial score (nSPS) is 9.09. The van der Waals surface area contributed by atoms with Crippen molar-refractivity contribution in [2.45, 2.75) is 6.54 Å². The third-order valence-electron chi connectivity index (χ3n) is 1.16. The Kier molecular flexibility index (Phi) is 2.43. The number of guanidine groups is 1. The number of nitrogens with one attached hydrogen (secondary N) is 2. The van der Waals surface area contributed by atoms with Crippen molar-refractivity contribution in [2.75, 3.05) is 0 Å². The van der Waals surface area contributed by atoms with Crippen LogP contribution in [0.1, 0.15) is 5.56 Å². The first kappa shape index (κ1) is 7.53. The molecule has 0 spiro atoms. The van der Waals surface area contributed by atoms with Gasteiger partial charge in [0.15, 0.2) is 5.96 Å². The maximum atomic E-state index is 6.88. The van der Waals surface area contributed by atoms with Gasteiger partial charge in [0, 0.05) is 12.7 Å². The quantitative estimate of drug-likeness (QED) is 0.405. The van der Waals surface area contributed by atoms with Crippen molar-refractivity contribution < 1.29 is 0 Å². The molecule has 1 aromatic heterocycles. The van der Waals surface area contributed by atoms with Crippen LogP contribution in [0.3, 0.4) is 0 Å². The van der Waals surface area contributed by atoms with Crippen LogP contribution in [0.4, 0.5) is 0 Å². The average Bonchev–Trinajstić information content (AvgIpc) is 2.03. The van der Waals surface area contributed by atoms with Crippen LogP contribution in [-0.4, -0.2) is 10.9 Å². The Balaban J connectivity index is 2.45. The van der Waals surface area contributed by atoms with Crippen molar-refractivity contribution >= 4 is 5.96 Å². The first-order valence-electron chi connectivity index (χ1n) is 3.18. The monoisotopic (exact) mass is 149 g/mol. The van der Waals surface area contributed by atoms with Crippen LogP contribution in [0.15, 0.2) is 18.3 Å². The third kappa shape index (κ3) is 2.66. The standard InChI is InChI=1S/C7H9N4/c8-7(9)11-5-6-2-1-3-10-4-6/h1-2,4H,5H2,(H4,8,9,11). The summed E-state index contributed by atoms with van der Waals surface area (Å²) in [6.07, 6.45) is 4.33. The molecule has 1 aromatic rings. The Bertz CT molecular complexity index is 231. The first-order chi connectivity index (χ1) is 5.29. The molecule has 0 aliphatic heterocycles. The van der Waals surface area contributed by atoms with Crippen molar-refractivity contribution in [3.05, 3.63) is 30.1 Å². The lowest BCUT2D eigenvalue weighted by molar-refractivity contribution is 0.889. The minimum Gasteiger partial charge on any atom is -0.370 e. The minimum absolute atomic E-state index is 0.0298. The maximum absolute atomic E-state index is 6.88. The van der Waals surface area contributed by atoms with Gasteiger partial charge in [0.2, 0.25) is 0 Å². The molecule has 0 aliphatic rings. The molecule has 0 atom stereocenters. The van der Waals surface area contributed by atoms with Gasteiger partial charge in [-0.05, 0) is 11.6 Å². The van der Waals surface area contributed by atoms with Crippen LogP contribution in [0.25, 0.3) is 0 Å². The minimum atomic E-state index is -0.0298. The highest BCUT2D eigenvalue weighted by atomic mass is 15.0. The van der Waals surface area contributed by atoms with Crippen LogP contribution in [-0.2, 0) is 6.54 Å². The molecule has 4 heteroatoms. The lowest BCUT2D eigenvalue weighted by atomic mass is 10.3. The molecule has 57 valence electrons. The van der Waals surface area contributed by atoms with E-state index in [1.54, 1.807) is 12.3 Å². The van der Waals surface area contributed by atoms with E-state index in [0.717, 1.165) is 5.56 Å². The molecule has 1 heterocycles. The van der Waals surface area contributed by atoms with Gasteiger partial charge in [-0.1, -0.05) is 6.07 Å². The van der Waals surface area contributed by atoms with Gasteiger partial charge in [-0.3, -0.25) is 10.4 Å². The van der Waals surface area contributed by atoms with E-state index in [0.29, 0.717) is 6.54 Å². The summed E-state index contributed by atoms with van der Waals surface area (Å²) < 4.78 is 0. The topological polar surface area (TPSA) is 74.8 Å². The van der Waals surface area contributed by atoms with E-state index in [2.05, 4.69) is 16.5 Å². The molecule has 0 bridgehead atoms. The lowest BCUT2D eigenvalue weighted by Gasteiger charge is -2.01. The van der Waals surface area contributed by atoms with E-state index in [1.807, 2.05) is 6.07 Å². The Hall–Kier alpha value is -1.58. The van der Waals surface area contributed by atoms with E-state index in [4.69, 9.17) is 11.1 Å². The Morgan fingerprint density at radius 3 is 3.18 bits per heavy atom. The van der Waals surface area contributed by atoms with Crippen LogP contribution >= 0.6 is 0 Å². The fraction of sp³-hybridized carbons (Fsp3) is 0.143. The zero-order chi connectivity index (χ0) is 8.10. The van der Waals surface area contributed by atoms with Gasteiger partial charge < -0.3 is 11.1 Å². The number of hydrogen-bond donors (Lipinski definition) is 3.